The van der Waals surface area contributed by atoms with Crippen LogP contribution in [0.1, 0.15) is 12.8 Å². The molecule has 0 heterocycles. The van der Waals surface area contributed by atoms with Crippen LogP contribution in [0.15, 0.2) is 0 Å². The van der Waals surface area contributed by atoms with Crippen molar-refractivity contribution in [2.24, 2.45) is 5.73 Å². The summed E-state index contributed by atoms with van der Waals surface area (Å²) in [6, 6.07) is 0.862. The molecular formula is C9H24N2O3Si. The Balaban J connectivity index is 3.54. The zero-order chi connectivity index (χ0) is 11.6. The summed E-state index contributed by atoms with van der Waals surface area (Å²) in [7, 11) is 2.60. The molecule has 0 saturated heterocycles. The van der Waals surface area contributed by atoms with Gasteiger partial charge >= 0.3 is 8.80 Å². The number of unbranched alkanes of at least 4 members (excludes halogenated alkanes) is 1. The first kappa shape index (κ1) is 15.0. The van der Waals surface area contributed by atoms with Gasteiger partial charge in [-0.2, -0.15) is 0 Å². The van der Waals surface area contributed by atoms with Gasteiger partial charge in [-0.1, -0.05) is 0 Å². The van der Waals surface area contributed by atoms with Crippen molar-refractivity contribution >= 4 is 8.80 Å². The third kappa shape index (κ3) is 6.24. The Labute approximate surface area is 93.6 Å². The number of hydrogen-bond acceptors (Lipinski definition) is 5. The summed E-state index contributed by atoms with van der Waals surface area (Å²) < 4.78 is 16.0. The molecule has 0 atom stereocenters. The lowest BCUT2D eigenvalue weighted by molar-refractivity contribution is 0.123. The van der Waals surface area contributed by atoms with E-state index in [0.29, 0.717) is 6.54 Å². The van der Waals surface area contributed by atoms with Crippen LogP contribution in [0.25, 0.3) is 0 Å². The number of hydrogen-bond donors (Lipinski definition) is 2. The first-order chi connectivity index (χ1) is 7.24. The van der Waals surface area contributed by atoms with E-state index in [1.54, 1.807) is 21.3 Å². The predicted molar refractivity (Wildman–Crippen MR) is 62.7 cm³/mol. The van der Waals surface area contributed by atoms with Crippen molar-refractivity contribution in [3.05, 3.63) is 0 Å². The third-order valence-electron chi connectivity index (χ3n) is 2.34. The second kappa shape index (κ2) is 9.26. The molecule has 0 fully saturated rings. The summed E-state index contributed by atoms with van der Waals surface area (Å²) in [5.41, 5.74) is 5.36. The lowest BCUT2D eigenvalue weighted by Gasteiger charge is -2.24. The molecule has 0 aliphatic heterocycles. The van der Waals surface area contributed by atoms with Gasteiger partial charge in [0.15, 0.2) is 0 Å². The van der Waals surface area contributed by atoms with Gasteiger partial charge in [-0.3, -0.25) is 0 Å². The monoisotopic (exact) mass is 236 g/mol. The quantitative estimate of drug-likeness (QED) is 0.419. The maximum absolute atomic E-state index is 5.36. The van der Waals surface area contributed by atoms with Crippen molar-refractivity contribution in [2.45, 2.75) is 18.9 Å². The van der Waals surface area contributed by atoms with E-state index in [1.807, 2.05) is 0 Å². The lowest BCUT2D eigenvalue weighted by atomic mass is 10.3. The highest BCUT2D eigenvalue weighted by Crippen LogP contribution is 2.15. The summed E-state index contributed by atoms with van der Waals surface area (Å²) in [6.07, 6.45) is 2.13. The summed E-state index contributed by atoms with van der Waals surface area (Å²) in [5.74, 6) is 0. The highest BCUT2D eigenvalue weighted by atomic mass is 28.4. The second-order valence-electron chi connectivity index (χ2n) is 3.29. The topological polar surface area (TPSA) is 65.7 Å². The molecule has 6 heteroatoms. The molecule has 0 saturated carbocycles. The van der Waals surface area contributed by atoms with E-state index in [1.165, 1.54) is 0 Å². The number of nitrogens with one attached hydrogen (secondary N) is 1. The first-order valence-corrected chi connectivity index (χ1v) is 7.24. The molecule has 0 amide bonds. The largest absolute Gasteiger partial charge is 0.500 e. The van der Waals surface area contributed by atoms with Crippen molar-refractivity contribution in [3.63, 3.8) is 0 Å². The summed E-state index contributed by atoms with van der Waals surface area (Å²) >= 11 is 0. The van der Waals surface area contributed by atoms with Crippen LogP contribution in [0.5, 0.6) is 0 Å². The van der Waals surface area contributed by atoms with E-state index < -0.39 is 8.80 Å². The van der Waals surface area contributed by atoms with Crippen molar-refractivity contribution in [1.29, 1.82) is 0 Å². The molecule has 0 aromatic heterocycles. The van der Waals surface area contributed by atoms with E-state index in [0.717, 1.165) is 32.0 Å². The van der Waals surface area contributed by atoms with Gasteiger partial charge in [0.1, 0.15) is 0 Å². The molecule has 0 aliphatic carbocycles. The van der Waals surface area contributed by atoms with Crippen LogP contribution in [-0.2, 0) is 13.3 Å². The zero-order valence-electron chi connectivity index (χ0n) is 10.0. The van der Waals surface area contributed by atoms with Gasteiger partial charge in [0.2, 0.25) is 0 Å². The minimum Gasteiger partial charge on any atom is -0.377 e. The Morgan fingerprint density at radius 3 is 2.07 bits per heavy atom. The van der Waals surface area contributed by atoms with Crippen molar-refractivity contribution in [1.82, 2.24) is 5.32 Å². The molecule has 0 bridgehead atoms. The Hall–Kier alpha value is 0.0169. The van der Waals surface area contributed by atoms with Crippen molar-refractivity contribution in [2.75, 3.05) is 41.0 Å². The van der Waals surface area contributed by atoms with E-state index in [9.17, 15) is 0 Å². The summed E-state index contributed by atoms with van der Waals surface area (Å²) in [5, 5.41) is 3.24. The van der Waals surface area contributed by atoms with Crippen molar-refractivity contribution < 1.29 is 13.3 Å². The van der Waals surface area contributed by atoms with Crippen LogP contribution in [0.2, 0.25) is 6.04 Å². The van der Waals surface area contributed by atoms with Gasteiger partial charge in [-0.05, 0) is 19.4 Å². The molecule has 3 N–H and O–H groups in total. The Bertz CT molecular complexity index is 137. The van der Waals surface area contributed by atoms with Gasteiger partial charge in [-0.25, -0.2) is 0 Å². The molecule has 5 nitrogen and oxygen atoms in total. The van der Waals surface area contributed by atoms with Crippen LogP contribution < -0.4 is 11.1 Å². The third-order valence-corrected chi connectivity index (χ3v) is 5.17. The van der Waals surface area contributed by atoms with Gasteiger partial charge in [0.25, 0.3) is 0 Å². The van der Waals surface area contributed by atoms with Crippen LogP contribution >= 0.6 is 0 Å². The van der Waals surface area contributed by atoms with Gasteiger partial charge in [0, 0.05) is 40.5 Å². The van der Waals surface area contributed by atoms with Crippen LogP contribution in [0.3, 0.4) is 0 Å². The minimum atomic E-state index is -2.34. The molecule has 0 aromatic carbocycles. The van der Waals surface area contributed by atoms with Gasteiger partial charge in [-0.15, -0.1) is 0 Å². The highest BCUT2D eigenvalue weighted by Gasteiger charge is 2.36. The molecule has 0 aliphatic rings. The standard InChI is InChI=1S/C9H24N2O3Si/c1-12-15(13-2,14-3)9-5-4-7-11-8-6-10/h11H,4-10H2,1-3H3. The Kier molecular flexibility index (Phi) is 9.27. The van der Waals surface area contributed by atoms with Crippen molar-refractivity contribution in [3.8, 4) is 0 Å². The van der Waals surface area contributed by atoms with Crippen LogP contribution in [0.4, 0.5) is 0 Å². The fraction of sp³-hybridized carbons (Fsp3) is 1.00. The van der Waals surface area contributed by atoms with Crippen LogP contribution in [0, 0.1) is 0 Å². The average molecular weight is 236 g/mol. The van der Waals surface area contributed by atoms with E-state index >= 15 is 0 Å². The second-order valence-corrected chi connectivity index (χ2v) is 6.38. The summed E-state index contributed by atoms with van der Waals surface area (Å²) in [4.78, 5) is 0. The van der Waals surface area contributed by atoms with E-state index in [2.05, 4.69) is 5.32 Å². The first-order valence-electron chi connectivity index (χ1n) is 5.31. The lowest BCUT2D eigenvalue weighted by Crippen LogP contribution is -2.42. The highest BCUT2D eigenvalue weighted by molar-refractivity contribution is 6.60. The molecule has 0 radical (unpaired) electrons. The average Bonchev–Trinajstić information content (AvgIpc) is 2.29. The normalized spacial score (nSPS) is 12.0. The van der Waals surface area contributed by atoms with Gasteiger partial charge < -0.3 is 24.3 Å². The van der Waals surface area contributed by atoms with Gasteiger partial charge in [0.05, 0.1) is 0 Å². The smallest absolute Gasteiger partial charge is 0.377 e. The zero-order valence-corrected chi connectivity index (χ0v) is 11.0. The minimum absolute atomic E-state index is 0.687. The molecule has 92 valence electrons. The van der Waals surface area contributed by atoms with E-state index in [4.69, 9.17) is 19.0 Å². The maximum Gasteiger partial charge on any atom is 0.500 e. The molecule has 0 unspecified atom stereocenters. The number of rotatable bonds is 10. The molecule has 0 aromatic rings. The molecular weight excluding hydrogens is 212 g/mol. The predicted octanol–water partition coefficient (Wildman–Crippen LogP) is 0.193. The molecule has 15 heavy (non-hydrogen) atoms. The maximum atomic E-state index is 5.36. The molecule has 0 spiro atoms. The summed E-state index contributed by atoms with van der Waals surface area (Å²) in [6.45, 7) is 2.55. The number of nitrogens with two attached hydrogens (primary N) is 1. The fourth-order valence-electron chi connectivity index (χ4n) is 1.37. The van der Waals surface area contributed by atoms with E-state index in [-0.39, 0.29) is 0 Å². The Morgan fingerprint density at radius 2 is 1.60 bits per heavy atom. The van der Waals surface area contributed by atoms with Crippen LogP contribution in [-0.4, -0.2) is 49.8 Å². The molecule has 0 rings (SSSR count). The fourth-order valence-corrected chi connectivity index (χ4v) is 3.17. The Morgan fingerprint density at radius 1 is 1.00 bits per heavy atom. The SMILES string of the molecule is CO[Si](CCCCNCCN)(OC)OC.